The third-order valence-electron chi connectivity index (χ3n) is 3.78. The summed E-state index contributed by atoms with van der Waals surface area (Å²) >= 11 is 1.78. The average Bonchev–Trinajstić information content (AvgIpc) is 2.95. The van der Waals surface area contributed by atoms with Crippen molar-refractivity contribution in [2.75, 3.05) is 11.9 Å². The minimum absolute atomic E-state index is 0.00820. The molecule has 2 aromatic rings. The summed E-state index contributed by atoms with van der Waals surface area (Å²) in [5.41, 5.74) is 8.96. The second-order valence-corrected chi connectivity index (χ2v) is 6.38. The van der Waals surface area contributed by atoms with E-state index in [1.54, 1.807) is 11.3 Å². The second-order valence-electron chi connectivity index (χ2n) is 5.38. The van der Waals surface area contributed by atoms with Gasteiger partial charge in [0.1, 0.15) is 0 Å². The normalized spacial score (nSPS) is 15.4. The lowest BCUT2D eigenvalue weighted by molar-refractivity contribution is 0.207. The number of carbonyl (C=O) groups excluding carboxylic acids is 1. The molecule has 1 atom stereocenters. The average molecular weight is 301 g/mol. The van der Waals surface area contributed by atoms with Crippen LogP contribution in [0.4, 0.5) is 10.5 Å². The van der Waals surface area contributed by atoms with E-state index in [-0.39, 0.29) is 12.1 Å². The fourth-order valence-corrected chi connectivity index (χ4v) is 3.38. The second kappa shape index (κ2) is 5.87. The maximum absolute atomic E-state index is 12.3. The summed E-state index contributed by atoms with van der Waals surface area (Å²) in [7, 11) is 0. The molecular formula is C16H19N3OS. The monoisotopic (exact) mass is 301 g/mol. The van der Waals surface area contributed by atoms with Crippen molar-refractivity contribution >= 4 is 23.1 Å². The Labute approximate surface area is 128 Å². The van der Waals surface area contributed by atoms with Crippen LogP contribution in [0.1, 0.15) is 29.0 Å². The quantitative estimate of drug-likeness (QED) is 0.893. The molecule has 21 heavy (non-hydrogen) atoms. The zero-order valence-corrected chi connectivity index (χ0v) is 12.8. The first-order valence-corrected chi connectivity index (χ1v) is 7.98. The number of thiophene rings is 1. The fourth-order valence-electron chi connectivity index (χ4n) is 2.49. The number of nitrogens with zero attached hydrogens (tertiary/aromatic N) is 1. The number of rotatable bonds is 2. The van der Waals surface area contributed by atoms with Gasteiger partial charge in [-0.2, -0.15) is 0 Å². The first kappa shape index (κ1) is 14.1. The van der Waals surface area contributed by atoms with E-state index < -0.39 is 0 Å². The standard InChI is InChI=1S/C16H19N3OS/c1-11(17)12-2-4-14(5-3-12)18-16(20)19-8-6-15-13(10-19)7-9-21-15/h2-5,7,9,11H,6,8,10,17H2,1H3,(H,18,20). The zero-order valence-electron chi connectivity index (χ0n) is 12.0. The Bertz CT molecular complexity index is 633. The van der Waals surface area contributed by atoms with Crippen molar-refractivity contribution in [2.45, 2.75) is 25.9 Å². The lowest BCUT2D eigenvalue weighted by Crippen LogP contribution is -2.38. The number of nitrogens with one attached hydrogen (secondary N) is 1. The summed E-state index contributed by atoms with van der Waals surface area (Å²) in [6.07, 6.45) is 0.948. The third-order valence-corrected chi connectivity index (χ3v) is 4.81. The zero-order chi connectivity index (χ0) is 14.8. The van der Waals surface area contributed by atoms with E-state index in [0.29, 0.717) is 6.54 Å². The number of fused-ring (bicyclic) bond motifs is 1. The number of hydrogen-bond donors (Lipinski definition) is 2. The van der Waals surface area contributed by atoms with Crippen molar-refractivity contribution in [3.63, 3.8) is 0 Å². The van der Waals surface area contributed by atoms with Gasteiger partial charge < -0.3 is 16.0 Å². The van der Waals surface area contributed by atoms with Gasteiger partial charge in [0.25, 0.3) is 0 Å². The predicted octanol–water partition coefficient (Wildman–Crippen LogP) is 3.36. The molecule has 1 aliphatic heterocycles. The highest BCUT2D eigenvalue weighted by atomic mass is 32.1. The number of urea groups is 1. The molecule has 1 unspecified atom stereocenters. The van der Waals surface area contributed by atoms with Crippen LogP contribution < -0.4 is 11.1 Å². The minimum atomic E-state index is -0.0413. The molecule has 3 rings (SSSR count). The highest BCUT2D eigenvalue weighted by Gasteiger charge is 2.21. The number of nitrogens with two attached hydrogens (primary N) is 1. The number of hydrogen-bond acceptors (Lipinski definition) is 3. The molecule has 4 nitrogen and oxygen atoms in total. The van der Waals surface area contributed by atoms with Gasteiger partial charge in [-0.25, -0.2) is 4.79 Å². The van der Waals surface area contributed by atoms with Crippen molar-refractivity contribution in [2.24, 2.45) is 5.73 Å². The van der Waals surface area contributed by atoms with Gasteiger partial charge >= 0.3 is 6.03 Å². The Hall–Kier alpha value is -1.85. The van der Waals surface area contributed by atoms with Crippen LogP contribution in [0, 0.1) is 0 Å². The molecule has 0 fully saturated rings. The van der Waals surface area contributed by atoms with Gasteiger partial charge in [-0.1, -0.05) is 12.1 Å². The summed E-state index contributed by atoms with van der Waals surface area (Å²) < 4.78 is 0. The molecule has 3 N–H and O–H groups in total. The van der Waals surface area contributed by atoms with Crippen LogP contribution >= 0.6 is 11.3 Å². The Balaban J connectivity index is 1.64. The minimum Gasteiger partial charge on any atom is -0.324 e. The number of amides is 2. The van der Waals surface area contributed by atoms with E-state index in [9.17, 15) is 4.79 Å². The molecule has 1 aromatic carbocycles. The summed E-state index contributed by atoms with van der Waals surface area (Å²) in [6.45, 7) is 3.42. The first-order valence-electron chi connectivity index (χ1n) is 7.10. The van der Waals surface area contributed by atoms with Crippen LogP contribution in [0.5, 0.6) is 0 Å². The lowest BCUT2D eigenvalue weighted by Gasteiger charge is -2.27. The van der Waals surface area contributed by atoms with E-state index in [2.05, 4.69) is 16.8 Å². The smallest absolute Gasteiger partial charge is 0.322 e. The number of benzene rings is 1. The topological polar surface area (TPSA) is 58.4 Å². The summed E-state index contributed by atoms with van der Waals surface area (Å²) in [5, 5.41) is 5.05. The van der Waals surface area contributed by atoms with Crippen molar-refractivity contribution in [1.82, 2.24) is 4.90 Å². The maximum atomic E-state index is 12.3. The molecule has 0 bridgehead atoms. The van der Waals surface area contributed by atoms with Gasteiger partial charge in [-0.05, 0) is 48.1 Å². The summed E-state index contributed by atoms with van der Waals surface area (Å²) in [5.74, 6) is 0. The van der Waals surface area contributed by atoms with Gasteiger partial charge in [-0.15, -0.1) is 11.3 Å². The summed E-state index contributed by atoms with van der Waals surface area (Å²) in [6, 6.07) is 9.78. The SMILES string of the molecule is CC(N)c1ccc(NC(=O)N2CCc3sccc3C2)cc1. The Kier molecular flexibility index (Phi) is 3.94. The van der Waals surface area contributed by atoms with E-state index in [0.717, 1.165) is 24.2 Å². The maximum Gasteiger partial charge on any atom is 0.322 e. The highest BCUT2D eigenvalue weighted by molar-refractivity contribution is 7.10. The molecular weight excluding hydrogens is 282 g/mol. The van der Waals surface area contributed by atoms with Gasteiger partial charge in [0.2, 0.25) is 0 Å². The van der Waals surface area contributed by atoms with Crippen molar-refractivity contribution in [1.29, 1.82) is 0 Å². The molecule has 2 heterocycles. The molecule has 2 amide bonds. The highest BCUT2D eigenvalue weighted by Crippen LogP contribution is 2.24. The van der Waals surface area contributed by atoms with Gasteiger partial charge in [0.05, 0.1) is 0 Å². The van der Waals surface area contributed by atoms with E-state index in [1.807, 2.05) is 36.1 Å². The molecule has 0 saturated heterocycles. The van der Waals surface area contributed by atoms with E-state index >= 15 is 0 Å². The van der Waals surface area contributed by atoms with E-state index in [4.69, 9.17) is 5.73 Å². The fraction of sp³-hybridized carbons (Fsp3) is 0.312. The van der Waals surface area contributed by atoms with Crippen LogP contribution in [-0.2, 0) is 13.0 Å². The molecule has 0 spiro atoms. The van der Waals surface area contributed by atoms with Crippen LogP contribution in [0.15, 0.2) is 35.7 Å². The lowest BCUT2D eigenvalue weighted by atomic mass is 10.1. The molecule has 0 saturated carbocycles. The molecule has 110 valence electrons. The van der Waals surface area contributed by atoms with Crippen molar-refractivity contribution in [3.8, 4) is 0 Å². The molecule has 0 radical (unpaired) electrons. The first-order chi connectivity index (χ1) is 10.1. The van der Waals surface area contributed by atoms with Gasteiger partial charge in [-0.3, -0.25) is 0 Å². The van der Waals surface area contributed by atoms with Crippen LogP contribution in [0.25, 0.3) is 0 Å². The number of carbonyl (C=O) groups is 1. The number of anilines is 1. The van der Waals surface area contributed by atoms with Gasteiger partial charge in [0, 0.05) is 29.7 Å². The molecule has 1 aromatic heterocycles. The predicted molar refractivity (Wildman–Crippen MR) is 86.5 cm³/mol. The Morgan fingerprint density at radius 1 is 1.33 bits per heavy atom. The van der Waals surface area contributed by atoms with Gasteiger partial charge in [0.15, 0.2) is 0 Å². The third kappa shape index (κ3) is 3.09. The molecule has 1 aliphatic rings. The Morgan fingerprint density at radius 3 is 2.81 bits per heavy atom. The molecule has 0 aliphatic carbocycles. The van der Waals surface area contributed by atoms with Crippen molar-refractivity contribution < 1.29 is 4.79 Å². The van der Waals surface area contributed by atoms with Crippen LogP contribution in [0.2, 0.25) is 0 Å². The summed E-state index contributed by atoms with van der Waals surface area (Å²) in [4.78, 5) is 15.6. The van der Waals surface area contributed by atoms with Crippen LogP contribution in [0.3, 0.4) is 0 Å². The van der Waals surface area contributed by atoms with Crippen molar-refractivity contribution in [3.05, 3.63) is 51.7 Å². The Morgan fingerprint density at radius 2 is 2.10 bits per heavy atom. The van der Waals surface area contributed by atoms with Crippen LogP contribution in [-0.4, -0.2) is 17.5 Å². The largest absolute Gasteiger partial charge is 0.324 e. The molecule has 5 heteroatoms. The van der Waals surface area contributed by atoms with E-state index in [1.165, 1.54) is 10.4 Å².